The first kappa shape index (κ1) is 20.9. The quantitative estimate of drug-likeness (QED) is 0.745. The highest BCUT2D eigenvalue weighted by Gasteiger charge is 2.20. The van der Waals surface area contributed by atoms with Gasteiger partial charge in [0.25, 0.3) is 5.91 Å². The molecule has 2 aromatic carbocycles. The van der Waals surface area contributed by atoms with Gasteiger partial charge in [0.1, 0.15) is 5.75 Å². The van der Waals surface area contributed by atoms with Gasteiger partial charge in [0.15, 0.2) is 6.61 Å². The summed E-state index contributed by atoms with van der Waals surface area (Å²) >= 11 is 0. The van der Waals surface area contributed by atoms with E-state index in [-0.39, 0.29) is 18.4 Å². The second-order valence-electron chi connectivity index (χ2n) is 7.34. The number of benzene rings is 2. The van der Waals surface area contributed by atoms with Crippen LogP contribution in [0.5, 0.6) is 5.75 Å². The van der Waals surface area contributed by atoms with Crippen molar-refractivity contribution >= 4 is 11.8 Å². The van der Waals surface area contributed by atoms with Gasteiger partial charge in [-0.1, -0.05) is 48.0 Å². The van der Waals surface area contributed by atoms with E-state index in [2.05, 4.69) is 34.5 Å². The lowest BCUT2D eigenvalue weighted by Gasteiger charge is -2.34. The Morgan fingerprint density at radius 2 is 1.66 bits per heavy atom. The molecule has 0 spiro atoms. The first-order valence-corrected chi connectivity index (χ1v) is 10.1. The average molecular weight is 396 g/mol. The molecule has 1 saturated heterocycles. The molecule has 6 heteroatoms. The minimum atomic E-state index is -0.217. The highest BCUT2D eigenvalue weighted by Crippen LogP contribution is 2.11. The van der Waals surface area contributed by atoms with Crippen LogP contribution in [0.1, 0.15) is 17.5 Å². The number of nitrogens with one attached hydrogen (secondary N) is 1. The predicted octanol–water partition coefficient (Wildman–Crippen LogP) is 2.22. The molecular formula is C23H29N3O3. The summed E-state index contributed by atoms with van der Waals surface area (Å²) < 4.78 is 5.44. The van der Waals surface area contributed by atoms with Crippen LogP contribution >= 0.6 is 0 Å². The monoisotopic (exact) mass is 395 g/mol. The summed E-state index contributed by atoms with van der Waals surface area (Å²) in [6.07, 6.45) is 0.314. The van der Waals surface area contributed by atoms with Crippen molar-refractivity contribution in [1.82, 2.24) is 15.1 Å². The number of aryl methyl sites for hydroxylation is 1. The third kappa shape index (κ3) is 6.91. The van der Waals surface area contributed by atoms with Crippen LogP contribution in [0.3, 0.4) is 0 Å². The summed E-state index contributed by atoms with van der Waals surface area (Å²) in [5.41, 5.74) is 2.43. The Labute approximate surface area is 172 Å². The Morgan fingerprint density at radius 1 is 0.966 bits per heavy atom. The van der Waals surface area contributed by atoms with Crippen LogP contribution in [0.25, 0.3) is 0 Å². The predicted molar refractivity (Wildman–Crippen MR) is 113 cm³/mol. The standard InChI is InChI=1S/C23H29N3O3/c1-19-7-9-21(10-8-19)29-18-22(27)24-12-11-23(28)26-15-13-25(14-16-26)17-20-5-3-2-4-6-20/h2-10H,11-18H2,1H3,(H,24,27). The molecule has 0 saturated carbocycles. The van der Waals surface area contributed by atoms with E-state index >= 15 is 0 Å². The summed E-state index contributed by atoms with van der Waals surface area (Å²) in [6, 6.07) is 17.9. The molecule has 2 amide bonds. The Bertz CT molecular complexity index is 785. The van der Waals surface area contributed by atoms with E-state index in [0.717, 1.165) is 38.3 Å². The topological polar surface area (TPSA) is 61.9 Å². The lowest BCUT2D eigenvalue weighted by atomic mass is 10.2. The molecule has 0 unspecified atom stereocenters. The van der Waals surface area contributed by atoms with E-state index in [4.69, 9.17) is 4.74 Å². The van der Waals surface area contributed by atoms with Gasteiger partial charge in [-0.2, -0.15) is 0 Å². The van der Waals surface area contributed by atoms with Gasteiger partial charge in [0.05, 0.1) is 0 Å². The molecule has 0 bridgehead atoms. The normalized spacial score (nSPS) is 14.4. The molecule has 1 fully saturated rings. The number of carbonyl (C=O) groups is 2. The molecule has 3 rings (SSSR count). The van der Waals surface area contributed by atoms with Crippen molar-refractivity contribution in [2.75, 3.05) is 39.3 Å². The van der Waals surface area contributed by atoms with Gasteiger partial charge < -0.3 is 15.0 Å². The van der Waals surface area contributed by atoms with Crippen molar-refractivity contribution in [2.24, 2.45) is 0 Å². The smallest absolute Gasteiger partial charge is 0.257 e. The minimum Gasteiger partial charge on any atom is -0.484 e. The van der Waals surface area contributed by atoms with Crippen LogP contribution in [-0.4, -0.2) is 60.9 Å². The fourth-order valence-corrected chi connectivity index (χ4v) is 3.30. The van der Waals surface area contributed by atoms with Gasteiger partial charge in [-0.15, -0.1) is 0 Å². The number of rotatable bonds is 8. The van der Waals surface area contributed by atoms with Gasteiger partial charge in [-0.25, -0.2) is 0 Å². The molecule has 29 heavy (non-hydrogen) atoms. The molecule has 0 atom stereocenters. The van der Waals surface area contributed by atoms with Crippen LogP contribution in [0.15, 0.2) is 54.6 Å². The molecule has 6 nitrogen and oxygen atoms in total. The highest BCUT2D eigenvalue weighted by molar-refractivity contribution is 5.80. The molecular weight excluding hydrogens is 366 g/mol. The van der Waals surface area contributed by atoms with Gasteiger partial charge >= 0.3 is 0 Å². The largest absolute Gasteiger partial charge is 0.484 e. The van der Waals surface area contributed by atoms with Crippen LogP contribution in [0, 0.1) is 6.92 Å². The first-order chi connectivity index (χ1) is 14.1. The Kier molecular flexibility index (Phi) is 7.64. The minimum absolute atomic E-state index is 0.0462. The fourth-order valence-electron chi connectivity index (χ4n) is 3.30. The third-order valence-corrected chi connectivity index (χ3v) is 5.03. The molecule has 2 aromatic rings. The van der Waals surface area contributed by atoms with Crippen molar-refractivity contribution in [3.05, 3.63) is 65.7 Å². The lowest BCUT2D eigenvalue weighted by molar-refractivity contribution is -0.133. The number of piperazine rings is 1. The van der Waals surface area contributed by atoms with E-state index < -0.39 is 0 Å². The molecule has 0 aliphatic carbocycles. The summed E-state index contributed by atoms with van der Waals surface area (Å²) in [5, 5.41) is 2.75. The number of hydrogen-bond donors (Lipinski definition) is 1. The van der Waals surface area contributed by atoms with Gasteiger partial charge in [-0.05, 0) is 24.6 Å². The van der Waals surface area contributed by atoms with E-state index in [1.807, 2.05) is 42.2 Å². The van der Waals surface area contributed by atoms with Gasteiger partial charge in [0.2, 0.25) is 5.91 Å². The van der Waals surface area contributed by atoms with Crippen molar-refractivity contribution < 1.29 is 14.3 Å². The maximum absolute atomic E-state index is 12.4. The SMILES string of the molecule is Cc1ccc(OCC(=O)NCCC(=O)N2CCN(Cc3ccccc3)CC2)cc1. The van der Waals surface area contributed by atoms with E-state index in [9.17, 15) is 9.59 Å². The van der Waals surface area contributed by atoms with Crippen LogP contribution in [0.2, 0.25) is 0 Å². The third-order valence-electron chi connectivity index (χ3n) is 5.03. The average Bonchev–Trinajstić information content (AvgIpc) is 2.74. The van der Waals surface area contributed by atoms with Crippen molar-refractivity contribution in [2.45, 2.75) is 19.9 Å². The Balaban J connectivity index is 1.29. The summed E-state index contributed by atoms with van der Waals surface area (Å²) in [7, 11) is 0. The number of hydrogen-bond acceptors (Lipinski definition) is 4. The van der Waals surface area contributed by atoms with Crippen molar-refractivity contribution in [1.29, 1.82) is 0 Å². The molecule has 1 aliphatic heterocycles. The zero-order chi connectivity index (χ0) is 20.5. The summed E-state index contributed by atoms with van der Waals surface area (Å²) in [4.78, 5) is 28.5. The van der Waals surface area contributed by atoms with Crippen molar-refractivity contribution in [3.8, 4) is 5.75 Å². The number of carbonyl (C=O) groups excluding carboxylic acids is 2. The van der Waals surface area contributed by atoms with E-state index in [0.29, 0.717) is 18.7 Å². The zero-order valence-electron chi connectivity index (χ0n) is 17.0. The lowest BCUT2D eigenvalue weighted by Crippen LogP contribution is -2.48. The second-order valence-corrected chi connectivity index (χ2v) is 7.34. The zero-order valence-corrected chi connectivity index (χ0v) is 17.0. The fraction of sp³-hybridized carbons (Fsp3) is 0.391. The van der Waals surface area contributed by atoms with Gasteiger partial charge in [-0.3, -0.25) is 14.5 Å². The van der Waals surface area contributed by atoms with Crippen LogP contribution < -0.4 is 10.1 Å². The molecule has 1 aliphatic rings. The van der Waals surface area contributed by atoms with E-state index in [1.54, 1.807) is 0 Å². The summed E-state index contributed by atoms with van der Waals surface area (Å²) in [5.74, 6) is 0.533. The van der Waals surface area contributed by atoms with Crippen molar-refractivity contribution in [3.63, 3.8) is 0 Å². The molecule has 1 N–H and O–H groups in total. The number of ether oxygens (including phenoxy) is 1. The molecule has 0 radical (unpaired) electrons. The second kappa shape index (κ2) is 10.6. The van der Waals surface area contributed by atoms with E-state index in [1.165, 1.54) is 5.56 Å². The van der Waals surface area contributed by atoms with Gasteiger partial charge in [0, 0.05) is 45.7 Å². The van der Waals surface area contributed by atoms with Crippen LogP contribution in [-0.2, 0) is 16.1 Å². The Hall–Kier alpha value is -2.86. The molecule has 1 heterocycles. The maximum Gasteiger partial charge on any atom is 0.257 e. The Morgan fingerprint density at radius 3 is 2.34 bits per heavy atom. The molecule has 154 valence electrons. The van der Waals surface area contributed by atoms with Crippen LogP contribution in [0.4, 0.5) is 0 Å². The molecule has 0 aromatic heterocycles. The maximum atomic E-state index is 12.4. The number of amides is 2. The highest BCUT2D eigenvalue weighted by atomic mass is 16.5. The number of nitrogens with zero attached hydrogens (tertiary/aromatic N) is 2. The summed E-state index contributed by atoms with van der Waals surface area (Å²) in [6.45, 7) is 6.41. The first-order valence-electron chi connectivity index (χ1n) is 10.1.